The summed E-state index contributed by atoms with van der Waals surface area (Å²) >= 11 is 5.90. The molecule has 0 saturated carbocycles. The summed E-state index contributed by atoms with van der Waals surface area (Å²) in [5.41, 5.74) is 0.457. The maximum atomic E-state index is 13.6. The average Bonchev–Trinajstić information content (AvgIpc) is 3.16. The largest absolute Gasteiger partial charge is 0.427 e. The number of carbonyl (C=O) groups is 4. The van der Waals surface area contributed by atoms with E-state index in [2.05, 4.69) is 0 Å². The zero-order chi connectivity index (χ0) is 26.7. The zero-order valence-corrected chi connectivity index (χ0v) is 20.3. The van der Waals surface area contributed by atoms with Crippen molar-refractivity contribution in [2.45, 2.75) is 25.9 Å². The minimum atomic E-state index is -1.15. The molecule has 1 saturated heterocycles. The summed E-state index contributed by atoms with van der Waals surface area (Å²) in [5, 5.41) is 11.2. The van der Waals surface area contributed by atoms with E-state index in [1.54, 1.807) is 30.3 Å². The molecule has 0 bridgehead atoms. The highest BCUT2D eigenvalue weighted by Gasteiger charge is 2.44. The number of esters is 1. The van der Waals surface area contributed by atoms with Gasteiger partial charge < -0.3 is 9.64 Å². The second-order valence-corrected chi connectivity index (χ2v) is 8.62. The lowest BCUT2D eigenvalue weighted by Gasteiger charge is -2.28. The van der Waals surface area contributed by atoms with Crippen LogP contribution in [0.15, 0.2) is 72.8 Å². The zero-order valence-electron chi connectivity index (χ0n) is 19.5. The van der Waals surface area contributed by atoms with Crippen LogP contribution in [0.25, 0.3) is 0 Å². The summed E-state index contributed by atoms with van der Waals surface area (Å²) in [6.07, 6.45) is -0.279. The van der Waals surface area contributed by atoms with Gasteiger partial charge in [-0.1, -0.05) is 41.9 Å². The molecule has 4 rings (SSSR count). The van der Waals surface area contributed by atoms with Gasteiger partial charge >= 0.3 is 5.97 Å². The molecule has 37 heavy (non-hydrogen) atoms. The summed E-state index contributed by atoms with van der Waals surface area (Å²) in [6.45, 7) is 1.23. The van der Waals surface area contributed by atoms with Crippen LogP contribution in [-0.4, -0.2) is 39.6 Å². The van der Waals surface area contributed by atoms with Gasteiger partial charge in [-0.2, -0.15) is 0 Å². The number of nitro groups is 1. The molecule has 1 atom stereocenters. The van der Waals surface area contributed by atoms with E-state index in [0.29, 0.717) is 5.56 Å². The molecule has 1 heterocycles. The smallest absolute Gasteiger partial charge is 0.308 e. The number of ether oxygens (including phenoxy) is 1. The van der Waals surface area contributed by atoms with Crippen molar-refractivity contribution in [1.29, 1.82) is 0 Å². The normalized spacial score (nSPS) is 15.0. The Hall–Kier alpha value is -4.57. The lowest BCUT2D eigenvalue weighted by atomic mass is 10.1. The van der Waals surface area contributed by atoms with E-state index in [9.17, 15) is 29.3 Å². The number of halogens is 1. The Morgan fingerprint density at radius 3 is 2.38 bits per heavy atom. The van der Waals surface area contributed by atoms with Crippen LogP contribution in [0.5, 0.6) is 5.75 Å². The van der Waals surface area contributed by atoms with Crippen molar-refractivity contribution in [3.05, 3.63) is 99.1 Å². The first-order chi connectivity index (χ1) is 17.7. The van der Waals surface area contributed by atoms with Crippen LogP contribution in [0.2, 0.25) is 5.02 Å². The fourth-order valence-corrected chi connectivity index (χ4v) is 4.20. The van der Waals surface area contributed by atoms with Crippen LogP contribution < -0.4 is 9.64 Å². The summed E-state index contributed by atoms with van der Waals surface area (Å²) in [7, 11) is 0. The molecule has 0 N–H and O–H groups in total. The molecule has 0 aliphatic carbocycles. The summed E-state index contributed by atoms with van der Waals surface area (Å²) in [5.74, 6) is -2.08. The first kappa shape index (κ1) is 25.5. The molecule has 1 aliphatic rings. The Kier molecular flexibility index (Phi) is 7.30. The number of benzene rings is 3. The first-order valence-corrected chi connectivity index (χ1v) is 11.5. The monoisotopic (exact) mass is 521 g/mol. The van der Waals surface area contributed by atoms with Gasteiger partial charge in [-0.15, -0.1) is 0 Å². The molecular formula is C26H20ClN3O7. The number of anilines is 1. The van der Waals surface area contributed by atoms with Gasteiger partial charge in [-0.25, -0.2) is 4.90 Å². The van der Waals surface area contributed by atoms with E-state index in [4.69, 9.17) is 16.3 Å². The van der Waals surface area contributed by atoms with Gasteiger partial charge in [0.1, 0.15) is 16.8 Å². The summed E-state index contributed by atoms with van der Waals surface area (Å²) in [6, 6.07) is 17.2. The number of carbonyl (C=O) groups excluding carboxylic acids is 4. The Morgan fingerprint density at radius 1 is 1.08 bits per heavy atom. The van der Waals surface area contributed by atoms with E-state index < -0.39 is 40.3 Å². The van der Waals surface area contributed by atoms with E-state index >= 15 is 0 Å². The van der Waals surface area contributed by atoms with Crippen molar-refractivity contribution in [3.8, 4) is 5.75 Å². The third-order valence-corrected chi connectivity index (χ3v) is 6.02. The van der Waals surface area contributed by atoms with Gasteiger partial charge in [0.25, 0.3) is 17.5 Å². The van der Waals surface area contributed by atoms with E-state index in [0.717, 1.165) is 11.0 Å². The van der Waals surface area contributed by atoms with E-state index in [-0.39, 0.29) is 35.0 Å². The maximum absolute atomic E-state index is 13.6. The second-order valence-electron chi connectivity index (χ2n) is 8.22. The van der Waals surface area contributed by atoms with Crippen molar-refractivity contribution >= 4 is 46.7 Å². The molecule has 1 unspecified atom stereocenters. The minimum Gasteiger partial charge on any atom is -0.427 e. The Morgan fingerprint density at radius 2 is 1.76 bits per heavy atom. The Bertz CT molecular complexity index is 1390. The lowest BCUT2D eigenvalue weighted by Crippen LogP contribution is -2.45. The van der Waals surface area contributed by atoms with Gasteiger partial charge in [0, 0.05) is 25.1 Å². The SMILES string of the molecule is CC(=O)Oc1ccc(N2C(=O)CC(N(Cc3ccccc3)C(=O)c3ccc(Cl)c([N+](=O)[O-])c3)C2=O)cc1. The molecule has 3 amide bonds. The van der Waals surface area contributed by atoms with E-state index in [1.165, 1.54) is 48.2 Å². The minimum absolute atomic E-state index is 0.0149. The van der Waals surface area contributed by atoms with Crippen molar-refractivity contribution in [3.63, 3.8) is 0 Å². The quantitative estimate of drug-likeness (QED) is 0.150. The summed E-state index contributed by atoms with van der Waals surface area (Å²) in [4.78, 5) is 64.0. The number of hydrogen-bond acceptors (Lipinski definition) is 7. The third kappa shape index (κ3) is 5.49. The molecule has 3 aromatic rings. The number of imide groups is 1. The number of rotatable bonds is 7. The highest BCUT2D eigenvalue weighted by molar-refractivity contribution is 6.32. The van der Waals surface area contributed by atoms with Crippen LogP contribution in [-0.2, 0) is 20.9 Å². The number of amides is 3. The van der Waals surface area contributed by atoms with Crippen LogP contribution in [0.4, 0.5) is 11.4 Å². The van der Waals surface area contributed by atoms with Crippen LogP contribution in [0.1, 0.15) is 29.3 Å². The predicted octanol–water partition coefficient (Wildman–Crippen LogP) is 4.15. The number of nitrogens with zero attached hydrogens (tertiary/aromatic N) is 3. The molecule has 0 spiro atoms. The lowest BCUT2D eigenvalue weighted by molar-refractivity contribution is -0.384. The number of hydrogen-bond donors (Lipinski definition) is 0. The fraction of sp³-hybridized carbons (Fsp3) is 0.154. The van der Waals surface area contributed by atoms with Crippen molar-refractivity contribution in [2.24, 2.45) is 0 Å². The molecule has 1 fully saturated rings. The molecule has 0 radical (unpaired) electrons. The molecule has 0 aromatic heterocycles. The molecule has 10 nitrogen and oxygen atoms in total. The third-order valence-electron chi connectivity index (χ3n) is 5.70. The second kappa shape index (κ2) is 10.6. The van der Waals surface area contributed by atoms with Gasteiger partial charge in [-0.3, -0.25) is 29.3 Å². The highest BCUT2D eigenvalue weighted by Crippen LogP contribution is 2.31. The molecule has 188 valence electrons. The molecule has 3 aromatic carbocycles. The van der Waals surface area contributed by atoms with Crippen molar-refractivity contribution in [1.82, 2.24) is 4.90 Å². The van der Waals surface area contributed by atoms with Crippen LogP contribution in [0.3, 0.4) is 0 Å². The fourth-order valence-electron chi connectivity index (χ4n) is 4.01. The van der Waals surface area contributed by atoms with Gasteiger partial charge in [0.2, 0.25) is 5.91 Å². The molecule has 1 aliphatic heterocycles. The van der Waals surface area contributed by atoms with Crippen molar-refractivity contribution < 1.29 is 28.8 Å². The maximum Gasteiger partial charge on any atom is 0.308 e. The standard InChI is InChI=1S/C26H20ClN3O7/c1-16(31)37-20-10-8-19(9-11-20)29-24(32)14-23(26(29)34)28(15-17-5-3-2-4-6-17)25(33)18-7-12-21(27)22(13-18)30(35)36/h2-13,23H,14-15H2,1H3. The van der Waals surface area contributed by atoms with Crippen LogP contribution in [0, 0.1) is 10.1 Å². The number of nitro benzene ring substituents is 1. The predicted molar refractivity (Wildman–Crippen MR) is 133 cm³/mol. The van der Waals surface area contributed by atoms with Crippen molar-refractivity contribution in [2.75, 3.05) is 4.90 Å². The Labute approximate surface area is 216 Å². The highest BCUT2D eigenvalue weighted by atomic mass is 35.5. The van der Waals surface area contributed by atoms with Crippen LogP contribution >= 0.6 is 11.6 Å². The van der Waals surface area contributed by atoms with Gasteiger partial charge in [0.15, 0.2) is 0 Å². The topological polar surface area (TPSA) is 127 Å². The van der Waals surface area contributed by atoms with E-state index in [1.807, 2.05) is 0 Å². The van der Waals surface area contributed by atoms with Gasteiger partial charge in [0.05, 0.1) is 17.0 Å². The Balaban J connectivity index is 1.68. The summed E-state index contributed by atoms with van der Waals surface area (Å²) < 4.78 is 4.99. The molecule has 11 heteroatoms. The van der Waals surface area contributed by atoms with Gasteiger partial charge in [-0.05, 0) is 42.0 Å². The average molecular weight is 522 g/mol. The molecular weight excluding hydrogens is 502 g/mol. The first-order valence-electron chi connectivity index (χ1n) is 11.1.